The lowest BCUT2D eigenvalue weighted by Crippen LogP contribution is -2.49. The largest absolute Gasteiger partial charge is 0.493 e. The number of rotatable bonds is 4. The first-order valence-corrected chi connectivity index (χ1v) is 9.53. The molecule has 27 heavy (non-hydrogen) atoms. The van der Waals surface area contributed by atoms with Crippen molar-refractivity contribution >= 4 is 0 Å². The number of benzene rings is 2. The molecule has 0 bridgehead atoms. The van der Waals surface area contributed by atoms with Crippen LogP contribution in [0.5, 0.6) is 11.5 Å². The van der Waals surface area contributed by atoms with Crippen LogP contribution in [-0.2, 0) is 13.1 Å². The topological polar surface area (TPSA) is 47.7 Å². The SMILES string of the molecule is COc1cc2c(cc1OC)C1C[C@@H](N)[C@@H](c3cccc(CF)c3)CN1CC2. The van der Waals surface area contributed by atoms with Gasteiger partial charge in [-0.15, -0.1) is 0 Å². The van der Waals surface area contributed by atoms with Crippen molar-refractivity contribution in [2.75, 3.05) is 27.3 Å². The Morgan fingerprint density at radius 2 is 1.93 bits per heavy atom. The van der Waals surface area contributed by atoms with Gasteiger partial charge < -0.3 is 15.2 Å². The summed E-state index contributed by atoms with van der Waals surface area (Å²) >= 11 is 0. The van der Waals surface area contributed by atoms with Crippen molar-refractivity contribution in [2.24, 2.45) is 5.73 Å². The Bertz CT molecular complexity index is 826. The van der Waals surface area contributed by atoms with Gasteiger partial charge in [0.25, 0.3) is 0 Å². The van der Waals surface area contributed by atoms with Gasteiger partial charge in [-0.1, -0.05) is 24.3 Å². The molecule has 1 fully saturated rings. The van der Waals surface area contributed by atoms with Crippen LogP contribution in [0.25, 0.3) is 0 Å². The molecule has 0 spiro atoms. The van der Waals surface area contributed by atoms with E-state index in [0.717, 1.165) is 48.6 Å². The quantitative estimate of drug-likeness (QED) is 0.894. The van der Waals surface area contributed by atoms with Gasteiger partial charge in [0, 0.05) is 31.1 Å². The first-order chi connectivity index (χ1) is 13.1. The fourth-order valence-electron chi connectivity index (χ4n) is 4.64. The van der Waals surface area contributed by atoms with Crippen molar-refractivity contribution < 1.29 is 13.9 Å². The van der Waals surface area contributed by atoms with E-state index in [1.165, 1.54) is 11.1 Å². The molecular weight excluding hydrogens is 343 g/mol. The average Bonchev–Trinajstić information content (AvgIpc) is 2.72. The average molecular weight is 370 g/mol. The number of nitrogens with two attached hydrogens (primary N) is 1. The van der Waals surface area contributed by atoms with Gasteiger partial charge in [-0.3, -0.25) is 4.90 Å². The van der Waals surface area contributed by atoms with Crippen LogP contribution in [0, 0.1) is 0 Å². The number of hydrogen-bond acceptors (Lipinski definition) is 4. The predicted molar refractivity (Wildman–Crippen MR) is 104 cm³/mol. The second-order valence-corrected chi connectivity index (χ2v) is 7.55. The summed E-state index contributed by atoms with van der Waals surface area (Å²) in [6, 6.07) is 12.4. The highest BCUT2D eigenvalue weighted by atomic mass is 19.1. The predicted octanol–water partition coefficient (Wildman–Crippen LogP) is 3.59. The molecule has 2 aromatic carbocycles. The molecule has 1 saturated heterocycles. The number of methoxy groups -OCH3 is 2. The molecule has 4 nitrogen and oxygen atoms in total. The van der Waals surface area contributed by atoms with Crippen LogP contribution in [0.4, 0.5) is 4.39 Å². The van der Waals surface area contributed by atoms with E-state index in [9.17, 15) is 4.39 Å². The highest BCUT2D eigenvalue weighted by molar-refractivity contribution is 5.50. The molecule has 0 saturated carbocycles. The van der Waals surface area contributed by atoms with Gasteiger partial charge in [-0.2, -0.15) is 0 Å². The number of alkyl halides is 1. The Morgan fingerprint density at radius 3 is 2.67 bits per heavy atom. The summed E-state index contributed by atoms with van der Waals surface area (Å²) in [5.74, 6) is 1.78. The van der Waals surface area contributed by atoms with E-state index in [1.807, 2.05) is 18.2 Å². The summed E-state index contributed by atoms with van der Waals surface area (Å²) in [5, 5.41) is 0. The van der Waals surface area contributed by atoms with Crippen LogP contribution < -0.4 is 15.2 Å². The molecule has 3 atom stereocenters. The third-order valence-electron chi connectivity index (χ3n) is 6.09. The first kappa shape index (κ1) is 18.3. The van der Waals surface area contributed by atoms with E-state index in [2.05, 4.69) is 23.1 Å². The molecule has 0 aliphatic carbocycles. The van der Waals surface area contributed by atoms with Crippen molar-refractivity contribution in [2.45, 2.75) is 37.5 Å². The molecule has 5 heteroatoms. The molecule has 0 aromatic heterocycles. The normalized spacial score (nSPS) is 24.8. The zero-order valence-corrected chi connectivity index (χ0v) is 16.0. The zero-order chi connectivity index (χ0) is 19.0. The van der Waals surface area contributed by atoms with Gasteiger partial charge in [0.05, 0.1) is 14.2 Å². The highest BCUT2D eigenvalue weighted by Crippen LogP contribution is 2.44. The van der Waals surface area contributed by atoms with E-state index >= 15 is 0 Å². The molecule has 4 rings (SSSR count). The van der Waals surface area contributed by atoms with Crippen LogP contribution in [-0.4, -0.2) is 38.3 Å². The lowest BCUT2D eigenvalue weighted by Gasteiger charge is -2.46. The second-order valence-electron chi connectivity index (χ2n) is 7.55. The smallest absolute Gasteiger partial charge is 0.161 e. The molecular formula is C22H27FN2O2. The van der Waals surface area contributed by atoms with Crippen molar-refractivity contribution in [3.8, 4) is 11.5 Å². The van der Waals surface area contributed by atoms with E-state index in [1.54, 1.807) is 14.2 Å². The van der Waals surface area contributed by atoms with Crippen LogP contribution >= 0.6 is 0 Å². The first-order valence-electron chi connectivity index (χ1n) is 9.53. The van der Waals surface area contributed by atoms with Crippen LogP contribution in [0.1, 0.15) is 40.6 Å². The van der Waals surface area contributed by atoms with Gasteiger partial charge in [0.15, 0.2) is 11.5 Å². The summed E-state index contributed by atoms with van der Waals surface area (Å²) in [7, 11) is 3.34. The standard InChI is InChI=1S/C22H27FN2O2/c1-26-21-9-16-6-7-25-13-18(15-5-3-4-14(8-15)12-23)19(24)11-20(25)17(16)10-22(21)27-2/h3-5,8-10,18-20H,6-7,11-13,24H2,1-2H3/t18-,19-,20?/m1/s1. The van der Waals surface area contributed by atoms with Gasteiger partial charge >= 0.3 is 0 Å². The fourth-order valence-corrected chi connectivity index (χ4v) is 4.64. The minimum absolute atomic E-state index is 0.0418. The molecule has 2 N–H and O–H groups in total. The van der Waals surface area contributed by atoms with Gasteiger partial charge in [-0.05, 0) is 47.2 Å². The lowest BCUT2D eigenvalue weighted by atomic mass is 9.78. The molecule has 2 aliphatic heterocycles. The van der Waals surface area contributed by atoms with Crippen LogP contribution in [0.3, 0.4) is 0 Å². The fraction of sp³-hybridized carbons (Fsp3) is 0.455. The third-order valence-corrected chi connectivity index (χ3v) is 6.09. The number of piperidine rings is 1. The van der Waals surface area contributed by atoms with Gasteiger partial charge in [0.1, 0.15) is 6.67 Å². The summed E-state index contributed by atoms with van der Waals surface area (Å²) in [6.07, 6.45) is 1.87. The Balaban J connectivity index is 1.63. The molecule has 0 amide bonds. The minimum Gasteiger partial charge on any atom is -0.493 e. The van der Waals surface area contributed by atoms with E-state index in [0.29, 0.717) is 6.04 Å². The van der Waals surface area contributed by atoms with E-state index < -0.39 is 6.67 Å². The molecule has 144 valence electrons. The number of halogens is 1. The van der Waals surface area contributed by atoms with Gasteiger partial charge in [-0.25, -0.2) is 4.39 Å². The number of ether oxygens (including phenoxy) is 2. The Labute approximate surface area is 160 Å². The van der Waals surface area contributed by atoms with Crippen molar-refractivity contribution in [1.29, 1.82) is 0 Å². The van der Waals surface area contributed by atoms with Crippen LogP contribution in [0.2, 0.25) is 0 Å². The minimum atomic E-state index is -0.433. The zero-order valence-electron chi connectivity index (χ0n) is 16.0. The van der Waals surface area contributed by atoms with Crippen molar-refractivity contribution in [3.05, 3.63) is 58.7 Å². The molecule has 1 unspecified atom stereocenters. The summed E-state index contributed by atoms with van der Waals surface area (Å²) in [5.41, 5.74) is 11.1. The Morgan fingerprint density at radius 1 is 1.15 bits per heavy atom. The van der Waals surface area contributed by atoms with E-state index in [4.69, 9.17) is 15.2 Å². The summed E-state index contributed by atoms with van der Waals surface area (Å²) < 4.78 is 24.1. The molecule has 2 heterocycles. The molecule has 0 radical (unpaired) electrons. The number of fused-ring (bicyclic) bond motifs is 3. The van der Waals surface area contributed by atoms with Crippen LogP contribution in [0.15, 0.2) is 36.4 Å². The third kappa shape index (κ3) is 3.30. The summed E-state index contributed by atoms with van der Waals surface area (Å²) in [6.45, 7) is 1.46. The number of hydrogen-bond donors (Lipinski definition) is 1. The maximum Gasteiger partial charge on any atom is 0.161 e. The van der Waals surface area contributed by atoms with E-state index in [-0.39, 0.29) is 12.0 Å². The second kappa shape index (κ2) is 7.49. The highest BCUT2D eigenvalue weighted by Gasteiger charge is 2.38. The Kier molecular flexibility index (Phi) is 5.06. The maximum atomic E-state index is 13.1. The monoisotopic (exact) mass is 370 g/mol. The Hall–Kier alpha value is -2.11. The van der Waals surface area contributed by atoms with Gasteiger partial charge in [0.2, 0.25) is 0 Å². The lowest BCUT2D eigenvalue weighted by molar-refractivity contribution is 0.109. The maximum absolute atomic E-state index is 13.1. The molecule has 2 aliphatic rings. The summed E-state index contributed by atoms with van der Waals surface area (Å²) in [4.78, 5) is 2.52. The number of nitrogens with zero attached hydrogens (tertiary/aromatic N) is 1. The van der Waals surface area contributed by atoms with Crippen molar-refractivity contribution in [1.82, 2.24) is 4.90 Å². The molecule has 2 aromatic rings. The van der Waals surface area contributed by atoms with Crippen molar-refractivity contribution in [3.63, 3.8) is 0 Å².